The average molecular weight is 472 g/mol. The molecule has 0 radical (unpaired) electrons. The Kier molecular flexibility index (Phi) is 6.57. The number of rotatable bonds is 5. The molecule has 1 amide bonds. The van der Waals surface area contributed by atoms with Crippen LogP contribution in [-0.4, -0.2) is 31.7 Å². The molecule has 2 aromatic rings. The van der Waals surface area contributed by atoms with Crippen molar-refractivity contribution in [1.29, 1.82) is 0 Å². The zero-order chi connectivity index (χ0) is 19.4. The molecule has 0 atom stereocenters. The van der Waals surface area contributed by atoms with E-state index in [9.17, 15) is 13.2 Å². The molecule has 1 saturated heterocycles. The van der Waals surface area contributed by atoms with Gasteiger partial charge in [-0.05, 0) is 48.7 Å². The lowest BCUT2D eigenvalue weighted by atomic mass is 9.97. The van der Waals surface area contributed by atoms with Crippen LogP contribution in [0.1, 0.15) is 18.4 Å². The topological polar surface area (TPSA) is 66.5 Å². The Hall–Kier alpha value is -1.41. The lowest BCUT2D eigenvalue weighted by Crippen LogP contribution is -2.41. The summed E-state index contributed by atoms with van der Waals surface area (Å²) in [7, 11) is -3.40. The van der Waals surface area contributed by atoms with Crippen LogP contribution in [0.2, 0.25) is 5.02 Å². The number of carbonyl (C=O) groups is 1. The molecular weight excluding hydrogens is 452 g/mol. The molecule has 0 aromatic heterocycles. The van der Waals surface area contributed by atoms with Crippen molar-refractivity contribution in [2.45, 2.75) is 18.6 Å². The average Bonchev–Trinajstić information content (AvgIpc) is 2.61. The summed E-state index contributed by atoms with van der Waals surface area (Å²) < 4.78 is 27.7. The number of nitrogens with zero attached hydrogens (tertiary/aromatic N) is 1. The minimum atomic E-state index is -3.40. The highest BCUT2D eigenvalue weighted by molar-refractivity contribution is 9.10. The SMILES string of the molecule is O=C(Nc1cccc(Cl)c1)C1CCN(S(=O)(=O)Cc2cccc(Br)c2)CC1. The summed E-state index contributed by atoms with van der Waals surface area (Å²) in [6.45, 7) is 0.702. The Balaban J connectivity index is 1.57. The van der Waals surface area contributed by atoms with Gasteiger partial charge in [0.25, 0.3) is 0 Å². The van der Waals surface area contributed by atoms with Crippen molar-refractivity contribution in [3.63, 3.8) is 0 Å². The summed E-state index contributed by atoms with van der Waals surface area (Å²) in [4.78, 5) is 12.4. The molecule has 8 heteroatoms. The minimum Gasteiger partial charge on any atom is -0.326 e. The Bertz CT molecular complexity index is 928. The van der Waals surface area contributed by atoms with Crippen LogP contribution in [0, 0.1) is 5.92 Å². The molecule has 2 aromatic carbocycles. The van der Waals surface area contributed by atoms with E-state index in [0.29, 0.717) is 36.6 Å². The maximum Gasteiger partial charge on any atom is 0.227 e. The lowest BCUT2D eigenvalue weighted by molar-refractivity contribution is -0.120. The van der Waals surface area contributed by atoms with Crippen LogP contribution < -0.4 is 5.32 Å². The number of benzene rings is 2. The zero-order valence-corrected chi connectivity index (χ0v) is 17.7. The van der Waals surface area contributed by atoms with Gasteiger partial charge in [-0.15, -0.1) is 0 Å². The van der Waals surface area contributed by atoms with Gasteiger partial charge < -0.3 is 5.32 Å². The van der Waals surface area contributed by atoms with Gasteiger partial charge in [0.05, 0.1) is 5.75 Å². The van der Waals surface area contributed by atoms with Gasteiger partial charge in [0.1, 0.15) is 0 Å². The van der Waals surface area contributed by atoms with Crippen LogP contribution in [-0.2, 0) is 20.6 Å². The number of hydrogen-bond acceptors (Lipinski definition) is 3. The van der Waals surface area contributed by atoms with E-state index in [1.807, 2.05) is 18.2 Å². The second-order valence-corrected chi connectivity index (χ2v) is 9.88. The van der Waals surface area contributed by atoms with Gasteiger partial charge in [0, 0.05) is 34.2 Å². The van der Waals surface area contributed by atoms with E-state index in [0.717, 1.165) is 10.0 Å². The standard InChI is InChI=1S/C19H20BrClN2O3S/c20-16-4-1-3-14(11-16)13-27(25,26)23-9-7-15(8-10-23)19(24)22-18-6-2-5-17(21)12-18/h1-6,11-12,15H,7-10,13H2,(H,22,24). The maximum absolute atomic E-state index is 12.7. The molecule has 1 aliphatic heterocycles. The van der Waals surface area contributed by atoms with Crippen LogP contribution in [0.3, 0.4) is 0 Å². The van der Waals surface area contributed by atoms with E-state index >= 15 is 0 Å². The maximum atomic E-state index is 12.7. The Labute approximate surface area is 172 Å². The molecule has 5 nitrogen and oxygen atoms in total. The number of hydrogen-bond donors (Lipinski definition) is 1. The summed E-state index contributed by atoms with van der Waals surface area (Å²) in [5, 5.41) is 3.41. The number of piperidine rings is 1. The summed E-state index contributed by atoms with van der Waals surface area (Å²) in [5.74, 6) is -0.339. The van der Waals surface area contributed by atoms with Crippen LogP contribution in [0.15, 0.2) is 53.0 Å². The van der Waals surface area contributed by atoms with Gasteiger partial charge in [-0.25, -0.2) is 12.7 Å². The number of sulfonamides is 1. The summed E-state index contributed by atoms with van der Waals surface area (Å²) in [6.07, 6.45) is 1.01. The number of halogens is 2. The predicted octanol–water partition coefficient (Wildman–Crippen LogP) is 4.28. The third kappa shape index (κ3) is 5.54. The van der Waals surface area contributed by atoms with Crippen LogP contribution in [0.4, 0.5) is 5.69 Å². The Morgan fingerprint density at radius 2 is 1.85 bits per heavy atom. The first-order chi connectivity index (χ1) is 12.8. The zero-order valence-electron chi connectivity index (χ0n) is 14.6. The highest BCUT2D eigenvalue weighted by Gasteiger charge is 2.31. The molecule has 0 aliphatic carbocycles. The highest BCUT2D eigenvalue weighted by Crippen LogP contribution is 2.24. The third-order valence-corrected chi connectivity index (χ3v) is 7.13. The number of amides is 1. The van der Waals surface area contributed by atoms with Crippen molar-refractivity contribution in [2.75, 3.05) is 18.4 Å². The van der Waals surface area contributed by atoms with Gasteiger partial charge in [0.15, 0.2) is 0 Å². The molecule has 0 saturated carbocycles. The lowest BCUT2D eigenvalue weighted by Gasteiger charge is -2.30. The van der Waals surface area contributed by atoms with E-state index in [1.54, 1.807) is 30.3 Å². The number of anilines is 1. The fourth-order valence-corrected chi connectivity index (χ4v) is 5.32. The molecule has 0 unspecified atom stereocenters. The van der Waals surface area contributed by atoms with E-state index < -0.39 is 10.0 Å². The number of carbonyl (C=O) groups excluding carboxylic acids is 1. The molecule has 27 heavy (non-hydrogen) atoms. The molecule has 1 heterocycles. The highest BCUT2D eigenvalue weighted by atomic mass is 79.9. The smallest absolute Gasteiger partial charge is 0.227 e. The first kappa shape index (κ1) is 20.3. The van der Waals surface area contributed by atoms with Gasteiger partial charge in [-0.1, -0.05) is 45.7 Å². The Morgan fingerprint density at radius 3 is 2.52 bits per heavy atom. The largest absolute Gasteiger partial charge is 0.326 e. The van der Waals surface area contributed by atoms with Crippen molar-refractivity contribution >= 4 is 49.1 Å². The van der Waals surface area contributed by atoms with Gasteiger partial charge in [-0.2, -0.15) is 0 Å². The van der Waals surface area contributed by atoms with Gasteiger partial charge >= 0.3 is 0 Å². The minimum absolute atomic E-state index is 0.0359. The van der Waals surface area contributed by atoms with Crippen molar-refractivity contribution in [3.05, 3.63) is 63.6 Å². The van der Waals surface area contributed by atoms with E-state index in [2.05, 4.69) is 21.2 Å². The summed E-state index contributed by atoms with van der Waals surface area (Å²) >= 11 is 9.29. The third-order valence-electron chi connectivity index (χ3n) is 4.55. The molecule has 3 rings (SSSR count). The quantitative estimate of drug-likeness (QED) is 0.708. The molecule has 0 spiro atoms. The molecule has 1 aliphatic rings. The van der Waals surface area contributed by atoms with Gasteiger partial charge in [0.2, 0.25) is 15.9 Å². The van der Waals surface area contributed by atoms with E-state index in [-0.39, 0.29) is 17.6 Å². The van der Waals surface area contributed by atoms with Crippen LogP contribution in [0.25, 0.3) is 0 Å². The van der Waals surface area contributed by atoms with E-state index in [4.69, 9.17) is 11.6 Å². The second-order valence-electron chi connectivity index (χ2n) is 6.56. The van der Waals surface area contributed by atoms with Crippen molar-refractivity contribution in [2.24, 2.45) is 5.92 Å². The first-order valence-electron chi connectivity index (χ1n) is 8.62. The summed E-state index contributed by atoms with van der Waals surface area (Å²) in [5.41, 5.74) is 1.39. The van der Waals surface area contributed by atoms with Crippen molar-refractivity contribution in [3.8, 4) is 0 Å². The van der Waals surface area contributed by atoms with Crippen LogP contribution >= 0.6 is 27.5 Å². The molecular formula is C19H20BrClN2O3S. The van der Waals surface area contributed by atoms with Gasteiger partial charge in [-0.3, -0.25) is 4.79 Å². The summed E-state index contributed by atoms with van der Waals surface area (Å²) in [6, 6.07) is 14.3. The molecule has 1 fully saturated rings. The Morgan fingerprint density at radius 1 is 1.15 bits per heavy atom. The molecule has 144 valence electrons. The number of nitrogens with one attached hydrogen (secondary N) is 1. The first-order valence-corrected chi connectivity index (χ1v) is 11.4. The fourth-order valence-electron chi connectivity index (χ4n) is 3.14. The molecule has 0 bridgehead atoms. The normalized spacial score (nSPS) is 16.2. The van der Waals surface area contributed by atoms with Crippen LogP contribution in [0.5, 0.6) is 0 Å². The molecule has 1 N–H and O–H groups in total. The predicted molar refractivity (Wildman–Crippen MR) is 111 cm³/mol. The second kappa shape index (κ2) is 8.73. The monoisotopic (exact) mass is 470 g/mol. The van der Waals surface area contributed by atoms with E-state index in [1.165, 1.54) is 4.31 Å². The van der Waals surface area contributed by atoms with Crippen molar-refractivity contribution in [1.82, 2.24) is 4.31 Å². The fraction of sp³-hybridized carbons (Fsp3) is 0.316. The van der Waals surface area contributed by atoms with Crippen molar-refractivity contribution < 1.29 is 13.2 Å².